The highest BCUT2D eigenvalue weighted by atomic mass is 16.1. The third-order valence-corrected chi connectivity index (χ3v) is 2.96. The standard InChI is InChI=1S/C16H26N2O/c1-4-5-6-14-7-9-15(10-8-14)18-16(19)11-12-17-13(2)3/h7-10,13,17H,4-6,11-12H2,1-3H3,(H,18,19). The number of benzene rings is 1. The monoisotopic (exact) mass is 262 g/mol. The molecule has 0 radical (unpaired) electrons. The largest absolute Gasteiger partial charge is 0.326 e. The first-order valence-corrected chi connectivity index (χ1v) is 7.24. The Balaban J connectivity index is 2.33. The fourth-order valence-electron chi connectivity index (χ4n) is 1.83. The molecule has 2 N–H and O–H groups in total. The highest BCUT2D eigenvalue weighted by Crippen LogP contribution is 2.11. The summed E-state index contributed by atoms with van der Waals surface area (Å²) in [6.45, 7) is 7.07. The van der Waals surface area contributed by atoms with Crippen molar-refractivity contribution in [3.05, 3.63) is 29.8 Å². The molecule has 0 unspecified atom stereocenters. The molecule has 0 saturated carbocycles. The van der Waals surface area contributed by atoms with E-state index >= 15 is 0 Å². The Bertz CT molecular complexity index is 371. The lowest BCUT2D eigenvalue weighted by Gasteiger charge is -2.09. The van der Waals surface area contributed by atoms with E-state index in [1.54, 1.807) is 0 Å². The summed E-state index contributed by atoms with van der Waals surface area (Å²) >= 11 is 0. The van der Waals surface area contributed by atoms with Crippen LogP contribution in [0.25, 0.3) is 0 Å². The number of aryl methyl sites for hydroxylation is 1. The van der Waals surface area contributed by atoms with Gasteiger partial charge in [0, 0.05) is 24.7 Å². The minimum Gasteiger partial charge on any atom is -0.326 e. The normalized spacial score (nSPS) is 10.7. The molecule has 0 bridgehead atoms. The minimum absolute atomic E-state index is 0.0643. The van der Waals surface area contributed by atoms with Crippen LogP contribution in [-0.4, -0.2) is 18.5 Å². The van der Waals surface area contributed by atoms with Gasteiger partial charge in [0.1, 0.15) is 0 Å². The molecule has 1 aromatic rings. The van der Waals surface area contributed by atoms with Crippen molar-refractivity contribution in [3.8, 4) is 0 Å². The first-order valence-electron chi connectivity index (χ1n) is 7.24. The summed E-state index contributed by atoms with van der Waals surface area (Å²) in [6.07, 6.45) is 4.05. The van der Waals surface area contributed by atoms with E-state index in [2.05, 4.69) is 43.5 Å². The number of hydrogen-bond donors (Lipinski definition) is 2. The zero-order chi connectivity index (χ0) is 14.1. The number of hydrogen-bond acceptors (Lipinski definition) is 2. The van der Waals surface area contributed by atoms with Gasteiger partial charge in [-0.05, 0) is 30.5 Å². The molecule has 0 saturated heterocycles. The summed E-state index contributed by atoms with van der Waals surface area (Å²) in [5.74, 6) is 0.0643. The number of carbonyl (C=O) groups is 1. The van der Waals surface area contributed by atoms with E-state index in [0.717, 1.165) is 18.7 Å². The van der Waals surface area contributed by atoms with Crippen molar-refractivity contribution in [2.75, 3.05) is 11.9 Å². The quantitative estimate of drug-likeness (QED) is 0.754. The van der Waals surface area contributed by atoms with Gasteiger partial charge < -0.3 is 10.6 Å². The molecular weight excluding hydrogens is 236 g/mol. The number of nitrogens with one attached hydrogen (secondary N) is 2. The first kappa shape index (κ1) is 15.7. The first-order chi connectivity index (χ1) is 9.11. The van der Waals surface area contributed by atoms with Crippen LogP contribution in [0.5, 0.6) is 0 Å². The van der Waals surface area contributed by atoms with Crippen LogP contribution in [0.15, 0.2) is 24.3 Å². The zero-order valence-corrected chi connectivity index (χ0v) is 12.3. The zero-order valence-electron chi connectivity index (χ0n) is 12.3. The molecule has 3 nitrogen and oxygen atoms in total. The predicted molar refractivity (Wildman–Crippen MR) is 81.4 cm³/mol. The second-order valence-corrected chi connectivity index (χ2v) is 5.21. The van der Waals surface area contributed by atoms with Crippen molar-refractivity contribution in [3.63, 3.8) is 0 Å². The van der Waals surface area contributed by atoms with Crippen molar-refractivity contribution in [2.24, 2.45) is 0 Å². The smallest absolute Gasteiger partial charge is 0.225 e. The van der Waals surface area contributed by atoms with Gasteiger partial charge in [-0.1, -0.05) is 39.3 Å². The van der Waals surface area contributed by atoms with Crippen LogP contribution in [0.2, 0.25) is 0 Å². The van der Waals surface area contributed by atoms with Gasteiger partial charge in [0.2, 0.25) is 5.91 Å². The van der Waals surface area contributed by atoms with Gasteiger partial charge in [0.05, 0.1) is 0 Å². The van der Waals surface area contributed by atoms with Crippen LogP contribution >= 0.6 is 0 Å². The van der Waals surface area contributed by atoms with E-state index < -0.39 is 0 Å². The molecular formula is C16H26N2O. The Morgan fingerprint density at radius 1 is 1.21 bits per heavy atom. The number of amides is 1. The Hall–Kier alpha value is -1.35. The van der Waals surface area contributed by atoms with Gasteiger partial charge in [0.25, 0.3) is 0 Å². The molecule has 106 valence electrons. The van der Waals surface area contributed by atoms with Crippen LogP contribution in [0.3, 0.4) is 0 Å². The third-order valence-electron chi connectivity index (χ3n) is 2.96. The molecule has 0 aliphatic carbocycles. The SMILES string of the molecule is CCCCc1ccc(NC(=O)CCNC(C)C)cc1. The van der Waals surface area contributed by atoms with Gasteiger partial charge in [-0.15, -0.1) is 0 Å². The lowest BCUT2D eigenvalue weighted by atomic mass is 10.1. The molecule has 0 aliphatic rings. The fourth-order valence-corrected chi connectivity index (χ4v) is 1.83. The van der Waals surface area contributed by atoms with Crippen molar-refractivity contribution in [1.29, 1.82) is 0 Å². The van der Waals surface area contributed by atoms with Crippen LogP contribution in [0, 0.1) is 0 Å². The number of rotatable bonds is 8. The minimum atomic E-state index is 0.0643. The molecule has 1 aromatic carbocycles. The van der Waals surface area contributed by atoms with Crippen molar-refractivity contribution < 1.29 is 4.79 Å². The van der Waals surface area contributed by atoms with Gasteiger partial charge in [-0.3, -0.25) is 4.79 Å². The van der Waals surface area contributed by atoms with Gasteiger partial charge in [-0.2, -0.15) is 0 Å². The molecule has 0 aliphatic heterocycles. The van der Waals surface area contributed by atoms with Crippen LogP contribution in [0.1, 0.15) is 45.6 Å². The third kappa shape index (κ3) is 6.97. The van der Waals surface area contributed by atoms with E-state index in [1.807, 2.05) is 12.1 Å². The van der Waals surface area contributed by atoms with E-state index in [0.29, 0.717) is 12.5 Å². The lowest BCUT2D eigenvalue weighted by Crippen LogP contribution is -2.27. The Morgan fingerprint density at radius 3 is 2.47 bits per heavy atom. The summed E-state index contributed by atoms with van der Waals surface area (Å²) < 4.78 is 0. The van der Waals surface area contributed by atoms with Gasteiger partial charge >= 0.3 is 0 Å². The predicted octanol–water partition coefficient (Wildman–Crippen LogP) is 3.36. The van der Waals surface area contributed by atoms with Crippen molar-refractivity contribution >= 4 is 11.6 Å². The second kappa shape index (κ2) is 8.70. The highest BCUT2D eigenvalue weighted by molar-refractivity contribution is 5.90. The molecule has 1 rings (SSSR count). The second-order valence-electron chi connectivity index (χ2n) is 5.21. The van der Waals surface area contributed by atoms with Crippen LogP contribution < -0.4 is 10.6 Å². The van der Waals surface area contributed by atoms with Crippen molar-refractivity contribution in [2.45, 2.75) is 52.5 Å². The van der Waals surface area contributed by atoms with Gasteiger partial charge in [-0.25, -0.2) is 0 Å². The van der Waals surface area contributed by atoms with Crippen LogP contribution in [0.4, 0.5) is 5.69 Å². The summed E-state index contributed by atoms with van der Waals surface area (Å²) in [5, 5.41) is 6.15. The average Bonchev–Trinajstić information content (AvgIpc) is 2.37. The maximum Gasteiger partial charge on any atom is 0.225 e. The number of unbranched alkanes of at least 4 members (excludes halogenated alkanes) is 1. The summed E-state index contributed by atoms with van der Waals surface area (Å²) in [5.41, 5.74) is 2.22. The Kier molecular flexibility index (Phi) is 7.19. The molecule has 0 atom stereocenters. The van der Waals surface area contributed by atoms with E-state index in [4.69, 9.17) is 0 Å². The van der Waals surface area contributed by atoms with E-state index in [9.17, 15) is 4.79 Å². The maximum absolute atomic E-state index is 11.7. The Morgan fingerprint density at radius 2 is 1.89 bits per heavy atom. The summed E-state index contributed by atoms with van der Waals surface area (Å²) in [7, 11) is 0. The number of anilines is 1. The molecule has 1 amide bonds. The molecule has 0 fully saturated rings. The lowest BCUT2D eigenvalue weighted by molar-refractivity contribution is -0.116. The Labute approximate surface area is 116 Å². The number of carbonyl (C=O) groups excluding carboxylic acids is 1. The average molecular weight is 262 g/mol. The topological polar surface area (TPSA) is 41.1 Å². The van der Waals surface area contributed by atoms with E-state index in [-0.39, 0.29) is 5.91 Å². The summed E-state index contributed by atoms with van der Waals surface area (Å²) in [4.78, 5) is 11.7. The van der Waals surface area contributed by atoms with E-state index in [1.165, 1.54) is 18.4 Å². The fraction of sp³-hybridized carbons (Fsp3) is 0.562. The molecule has 0 heterocycles. The summed E-state index contributed by atoms with van der Waals surface area (Å²) in [6, 6.07) is 8.58. The van der Waals surface area contributed by atoms with Crippen LogP contribution in [-0.2, 0) is 11.2 Å². The van der Waals surface area contributed by atoms with Gasteiger partial charge in [0.15, 0.2) is 0 Å². The molecule has 3 heteroatoms. The molecule has 0 aromatic heterocycles. The molecule has 19 heavy (non-hydrogen) atoms. The van der Waals surface area contributed by atoms with Crippen molar-refractivity contribution in [1.82, 2.24) is 5.32 Å². The maximum atomic E-state index is 11.7. The highest BCUT2D eigenvalue weighted by Gasteiger charge is 2.02. The molecule has 0 spiro atoms.